The van der Waals surface area contributed by atoms with Crippen molar-refractivity contribution in [3.63, 3.8) is 0 Å². The largest absolute Gasteiger partial charge is 0.430 e. The Labute approximate surface area is 208 Å². The van der Waals surface area contributed by atoms with Gasteiger partial charge < -0.3 is 20.4 Å². The normalized spacial score (nSPS) is 17.8. The summed E-state index contributed by atoms with van der Waals surface area (Å²) in [6, 6.07) is 5.70. The number of carbonyl (C=O) groups is 1. The second kappa shape index (κ2) is 9.80. The first-order chi connectivity index (χ1) is 16.9. The minimum absolute atomic E-state index is 0.0728. The summed E-state index contributed by atoms with van der Waals surface area (Å²) in [4.78, 5) is 13.6. The number of alkyl halides is 6. The summed E-state index contributed by atoms with van der Waals surface area (Å²) in [6.45, 7) is 2.87. The second-order valence-electron chi connectivity index (χ2n) is 8.54. The van der Waals surface area contributed by atoms with E-state index in [9.17, 15) is 49.8 Å². The Morgan fingerprint density at radius 3 is 2.14 bits per heavy atom. The zero-order chi connectivity index (χ0) is 28.0. The van der Waals surface area contributed by atoms with Crippen molar-refractivity contribution in [3.8, 4) is 0 Å². The van der Waals surface area contributed by atoms with E-state index in [0.717, 1.165) is 12.1 Å². The van der Waals surface area contributed by atoms with Crippen molar-refractivity contribution in [1.82, 2.24) is 4.90 Å². The van der Waals surface area contributed by atoms with E-state index in [1.807, 2.05) is 0 Å². The van der Waals surface area contributed by atoms with E-state index < -0.39 is 51.5 Å². The lowest BCUT2D eigenvalue weighted by atomic mass is 9.91. The van der Waals surface area contributed by atoms with Crippen molar-refractivity contribution in [1.29, 1.82) is 0 Å². The lowest BCUT2D eigenvalue weighted by Crippen LogP contribution is -2.53. The van der Waals surface area contributed by atoms with Crippen LogP contribution in [-0.2, 0) is 26.7 Å². The highest BCUT2D eigenvalue weighted by Crippen LogP contribution is 2.50. The summed E-state index contributed by atoms with van der Waals surface area (Å²) in [5.74, 6) is -0.551. The second-order valence-corrected chi connectivity index (χ2v) is 10.8. The number of aliphatic hydroxyl groups is 2. The van der Waals surface area contributed by atoms with E-state index in [2.05, 4.69) is 5.32 Å². The number of nitrogens with one attached hydrogen (secondary N) is 1. The molecule has 3 rings (SSSR count). The summed E-state index contributed by atoms with van der Waals surface area (Å²) in [7, 11) is -3.52. The Balaban J connectivity index is 1.94. The van der Waals surface area contributed by atoms with E-state index >= 15 is 0 Å². The zero-order valence-electron chi connectivity index (χ0n) is 19.6. The number of benzene rings is 2. The minimum Gasteiger partial charge on any atom is -0.371 e. The number of amides is 1. The van der Waals surface area contributed by atoms with Gasteiger partial charge in [-0.25, -0.2) is 8.42 Å². The van der Waals surface area contributed by atoms with Gasteiger partial charge in [0.15, 0.2) is 9.84 Å². The van der Waals surface area contributed by atoms with Gasteiger partial charge in [0.1, 0.15) is 12.3 Å². The van der Waals surface area contributed by atoms with Gasteiger partial charge in [0, 0.05) is 24.7 Å². The smallest absolute Gasteiger partial charge is 0.371 e. The van der Waals surface area contributed by atoms with E-state index in [4.69, 9.17) is 0 Å². The standard InChI is InChI=1S/C23H24F6N2O5S/c1-3-37(35,36)17-8-9-18-14(12-17)10-11-31(13(2)32)19(18)20(33)30-16-6-4-15(5-7-16)21(34,22(24,25)26)23(27,28)29/h4-9,12,19-20,30,33-34H,3,10-11H2,1-2H3/t19-,20?/m0/s1. The maximum atomic E-state index is 13.1. The molecule has 1 aliphatic rings. The van der Waals surface area contributed by atoms with E-state index in [1.165, 1.54) is 36.9 Å². The number of halogens is 6. The SMILES string of the molecule is CCS(=O)(=O)c1ccc2c(c1)CCN(C(C)=O)[C@@H]2C(O)Nc1ccc(C(O)(C(F)(F)F)C(F)(F)F)cc1. The first-order valence-corrected chi connectivity index (χ1v) is 12.6. The summed E-state index contributed by atoms with van der Waals surface area (Å²) in [5, 5.41) is 23.0. The number of rotatable bonds is 6. The highest BCUT2D eigenvalue weighted by Gasteiger charge is 2.71. The zero-order valence-corrected chi connectivity index (χ0v) is 20.4. The molecule has 0 spiro atoms. The fourth-order valence-electron chi connectivity index (χ4n) is 4.23. The van der Waals surface area contributed by atoms with Gasteiger partial charge >= 0.3 is 12.4 Å². The molecule has 2 aromatic rings. The predicted octanol–water partition coefficient (Wildman–Crippen LogP) is 3.67. The summed E-state index contributed by atoms with van der Waals surface area (Å²) < 4.78 is 103. The van der Waals surface area contributed by atoms with Crippen LogP contribution in [0.2, 0.25) is 0 Å². The molecule has 204 valence electrons. The quantitative estimate of drug-likeness (QED) is 0.372. The first kappa shape index (κ1) is 28.7. The third kappa shape index (κ3) is 5.27. The summed E-state index contributed by atoms with van der Waals surface area (Å²) >= 11 is 0. The molecule has 2 aromatic carbocycles. The Kier molecular flexibility index (Phi) is 7.61. The average Bonchev–Trinajstić information content (AvgIpc) is 2.81. The van der Waals surface area contributed by atoms with Crippen LogP contribution in [0.25, 0.3) is 0 Å². The predicted molar refractivity (Wildman–Crippen MR) is 120 cm³/mol. The van der Waals surface area contributed by atoms with Gasteiger partial charge in [-0.3, -0.25) is 4.79 Å². The monoisotopic (exact) mass is 554 g/mol. The van der Waals surface area contributed by atoms with Gasteiger partial charge in [0.05, 0.1) is 10.6 Å². The lowest BCUT2D eigenvalue weighted by molar-refractivity contribution is -0.376. The lowest BCUT2D eigenvalue weighted by Gasteiger charge is -2.40. The first-order valence-electron chi connectivity index (χ1n) is 11.0. The van der Waals surface area contributed by atoms with Crippen molar-refractivity contribution < 1.29 is 49.8 Å². The van der Waals surface area contributed by atoms with Crippen molar-refractivity contribution in [2.24, 2.45) is 0 Å². The highest BCUT2D eigenvalue weighted by atomic mass is 32.2. The number of fused-ring (bicyclic) bond motifs is 1. The molecule has 0 saturated heterocycles. The van der Waals surface area contributed by atoms with Gasteiger partial charge in [-0.05, 0) is 41.8 Å². The fourth-order valence-corrected chi connectivity index (χ4v) is 5.16. The molecule has 0 bridgehead atoms. The molecule has 37 heavy (non-hydrogen) atoms. The summed E-state index contributed by atoms with van der Waals surface area (Å²) in [6.07, 6.45) is -13.4. The van der Waals surface area contributed by atoms with Crippen molar-refractivity contribution in [2.45, 2.75) is 55.4 Å². The van der Waals surface area contributed by atoms with Crippen molar-refractivity contribution in [2.75, 3.05) is 17.6 Å². The topological polar surface area (TPSA) is 107 Å². The number of hydrogen-bond donors (Lipinski definition) is 3. The molecule has 7 nitrogen and oxygen atoms in total. The van der Waals surface area contributed by atoms with E-state index in [-0.39, 0.29) is 22.9 Å². The molecule has 0 radical (unpaired) electrons. The number of sulfone groups is 1. The number of aliphatic hydroxyl groups excluding tert-OH is 1. The van der Waals surface area contributed by atoms with Crippen LogP contribution in [0.15, 0.2) is 47.4 Å². The van der Waals surface area contributed by atoms with Crippen LogP contribution < -0.4 is 5.32 Å². The summed E-state index contributed by atoms with van der Waals surface area (Å²) in [5.41, 5.74) is -5.67. The Morgan fingerprint density at radius 2 is 1.65 bits per heavy atom. The fraction of sp³-hybridized carbons (Fsp3) is 0.435. The molecular weight excluding hydrogens is 530 g/mol. The molecule has 0 fully saturated rings. The molecule has 0 aliphatic carbocycles. The molecule has 2 atom stereocenters. The van der Waals surface area contributed by atoms with Gasteiger partial charge in [0.2, 0.25) is 5.91 Å². The molecule has 0 saturated carbocycles. The van der Waals surface area contributed by atoms with Gasteiger partial charge in [-0.2, -0.15) is 26.3 Å². The van der Waals surface area contributed by atoms with Gasteiger partial charge in [-0.15, -0.1) is 0 Å². The highest BCUT2D eigenvalue weighted by molar-refractivity contribution is 7.91. The molecule has 14 heteroatoms. The molecule has 1 amide bonds. The molecule has 1 aliphatic heterocycles. The van der Waals surface area contributed by atoms with Crippen LogP contribution >= 0.6 is 0 Å². The third-order valence-corrected chi connectivity index (χ3v) is 8.00. The molecular formula is C23H24F6N2O5S. The minimum atomic E-state index is -6.04. The van der Waals surface area contributed by atoms with Gasteiger partial charge in [0.25, 0.3) is 5.60 Å². The van der Waals surface area contributed by atoms with Crippen molar-refractivity contribution in [3.05, 3.63) is 59.2 Å². The van der Waals surface area contributed by atoms with Crippen LogP contribution in [-0.4, -0.2) is 60.3 Å². The number of hydrogen-bond acceptors (Lipinski definition) is 6. The molecule has 1 heterocycles. The van der Waals surface area contributed by atoms with Crippen LogP contribution in [0, 0.1) is 0 Å². The maximum Gasteiger partial charge on any atom is 0.430 e. The van der Waals surface area contributed by atoms with Crippen molar-refractivity contribution >= 4 is 21.4 Å². The van der Waals surface area contributed by atoms with Crippen LogP contribution in [0.3, 0.4) is 0 Å². The van der Waals surface area contributed by atoms with E-state index in [1.54, 1.807) is 0 Å². The molecule has 3 N–H and O–H groups in total. The number of carbonyl (C=O) groups excluding carboxylic acids is 1. The average molecular weight is 555 g/mol. The Hall–Kier alpha value is -2.84. The van der Waals surface area contributed by atoms with Crippen LogP contribution in [0.4, 0.5) is 32.0 Å². The Morgan fingerprint density at radius 1 is 1.08 bits per heavy atom. The third-order valence-electron chi connectivity index (χ3n) is 6.27. The molecule has 0 aromatic heterocycles. The van der Waals surface area contributed by atoms with E-state index in [0.29, 0.717) is 29.7 Å². The number of nitrogens with zero attached hydrogens (tertiary/aromatic N) is 1. The molecule has 1 unspecified atom stereocenters. The number of anilines is 1. The van der Waals surface area contributed by atoms with Crippen LogP contribution in [0.5, 0.6) is 0 Å². The maximum absolute atomic E-state index is 13.1. The van der Waals surface area contributed by atoms with Gasteiger partial charge in [-0.1, -0.05) is 25.1 Å². The van der Waals surface area contributed by atoms with Crippen LogP contribution in [0.1, 0.15) is 36.6 Å². The Bertz CT molecular complexity index is 1250.